The van der Waals surface area contributed by atoms with E-state index >= 15 is 0 Å². The maximum atomic E-state index is 6.63. The molecule has 1 heterocycles. The summed E-state index contributed by atoms with van der Waals surface area (Å²) in [5, 5.41) is 10.0. The van der Waals surface area contributed by atoms with Crippen molar-refractivity contribution in [2.45, 2.75) is 0 Å². The zero-order chi connectivity index (χ0) is 30.9. The quantitative estimate of drug-likeness (QED) is 0.184. The zero-order valence-corrected chi connectivity index (χ0v) is 25.6. The number of rotatable bonds is 4. The summed E-state index contributed by atoms with van der Waals surface area (Å²) in [5.74, 6) is 0. The van der Waals surface area contributed by atoms with E-state index in [0.717, 1.165) is 33.1 Å². The Kier molecular flexibility index (Phi) is 5.64. The van der Waals surface area contributed by atoms with Gasteiger partial charge in [0.05, 0.1) is 0 Å². The van der Waals surface area contributed by atoms with E-state index in [4.69, 9.17) is 4.42 Å². The van der Waals surface area contributed by atoms with Gasteiger partial charge >= 0.3 is 0 Å². The van der Waals surface area contributed by atoms with Crippen LogP contribution in [-0.2, 0) is 0 Å². The Labute approximate surface area is 272 Å². The second-order valence-electron chi connectivity index (χ2n) is 12.4. The minimum absolute atomic E-state index is 0.910. The van der Waals surface area contributed by atoms with Crippen LogP contribution in [0, 0.1) is 0 Å². The topological polar surface area (TPSA) is 13.1 Å². The first-order chi connectivity index (χ1) is 23.3. The van der Waals surface area contributed by atoms with E-state index in [1.165, 1.54) is 65.7 Å². The number of fused-ring (bicyclic) bond motifs is 3. The van der Waals surface area contributed by atoms with Crippen molar-refractivity contribution in [3.8, 4) is 44.5 Å². The average molecular weight is 597 g/mol. The van der Waals surface area contributed by atoms with Crippen molar-refractivity contribution in [2.75, 3.05) is 0 Å². The number of para-hydroxylation sites is 1. The van der Waals surface area contributed by atoms with Gasteiger partial charge in [-0.1, -0.05) is 164 Å². The molecule has 1 nitrogen and oxygen atoms in total. The van der Waals surface area contributed by atoms with Gasteiger partial charge in [-0.15, -0.1) is 0 Å². The van der Waals surface area contributed by atoms with Crippen molar-refractivity contribution >= 4 is 54.3 Å². The second kappa shape index (κ2) is 10.2. The molecular weight excluding hydrogens is 569 g/mol. The lowest BCUT2D eigenvalue weighted by molar-refractivity contribution is 0.670. The standard InChI is InChI=1S/C46H28O/c1-3-9-29(10-4-1)30-17-19-32(20-18-30)35-25-21-33-24-28-40-37(26-22-34-23-27-39(35)43(33)44(34)40)38-14-8-16-42-45(38)41-15-7-13-36(46(41)47-42)31-11-5-2-6-12-31/h1-28H. The molecule has 0 bridgehead atoms. The van der Waals surface area contributed by atoms with Gasteiger partial charge in [-0.3, -0.25) is 0 Å². The summed E-state index contributed by atoms with van der Waals surface area (Å²) in [5.41, 5.74) is 11.5. The lowest BCUT2D eigenvalue weighted by Gasteiger charge is -2.17. The Bertz CT molecular complexity index is 2750. The van der Waals surface area contributed by atoms with Crippen molar-refractivity contribution in [1.82, 2.24) is 0 Å². The van der Waals surface area contributed by atoms with Gasteiger partial charge in [-0.2, -0.15) is 0 Å². The Morgan fingerprint density at radius 3 is 1.53 bits per heavy atom. The van der Waals surface area contributed by atoms with Crippen LogP contribution in [-0.4, -0.2) is 0 Å². The highest BCUT2D eigenvalue weighted by Gasteiger charge is 2.19. The highest BCUT2D eigenvalue weighted by atomic mass is 16.3. The molecule has 0 fully saturated rings. The Balaban J connectivity index is 1.19. The smallest absolute Gasteiger partial charge is 0.143 e. The highest BCUT2D eigenvalue weighted by molar-refractivity contribution is 6.29. The largest absolute Gasteiger partial charge is 0.455 e. The van der Waals surface area contributed by atoms with Crippen molar-refractivity contribution in [3.63, 3.8) is 0 Å². The van der Waals surface area contributed by atoms with Crippen LogP contribution in [0.2, 0.25) is 0 Å². The number of benzene rings is 9. The van der Waals surface area contributed by atoms with Gasteiger partial charge in [0.1, 0.15) is 11.2 Å². The Morgan fingerprint density at radius 2 is 0.809 bits per heavy atom. The molecule has 0 amide bonds. The van der Waals surface area contributed by atoms with Crippen LogP contribution >= 0.6 is 0 Å². The minimum atomic E-state index is 0.910. The number of hydrogen-bond donors (Lipinski definition) is 0. The SMILES string of the molecule is c1ccc(-c2ccc(-c3ccc4ccc5c(-c6cccc7oc8c(-c9ccccc9)cccc8c67)ccc6ccc3c4c65)cc2)cc1. The molecule has 0 spiro atoms. The summed E-state index contributed by atoms with van der Waals surface area (Å²) < 4.78 is 6.63. The van der Waals surface area contributed by atoms with Crippen LogP contribution in [0.3, 0.4) is 0 Å². The van der Waals surface area contributed by atoms with Crippen LogP contribution in [0.5, 0.6) is 0 Å². The molecule has 0 radical (unpaired) electrons. The van der Waals surface area contributed by atoms with Crippen LogP contribution in [0.4, 0.5) is 0 Å². The molecule has 0 aliphatic carbocycles. The molecule has 10 aromatic rings. The summed E-state index contributed by atoms with van der Waals surface area (Å²) in [6.07, 6.45) is 0. The third-order valence-corrected chi connectivity index (χ3v) is 9.87. The normalized spacial score (nSPS) is 11.8. The fraction of sp³-hybridized carbons (Fsp3) is 0. The average Bonchev–Trinajstić information content (AvgIpc) is 3.54. The summed E-state index contributed by atoms with van der Waals surface area (Å²) >= 11 is 0. The maximum absolute atomic E-state index is 6.63. The molecule has 218 valence electrons. The molecule has 0 atom stereocenters. The fourth-order valence-corrected chi connectivity index (χ4v) is 7.68. The number of furan rings is 1. The lowest BCUT2D eigenvalue weighted by Crippen LogP contribution is -1.90. The molecule has 0 aliphatic rings. The van der Waals surface area contributed by atoms with Gasteiger partial charge in [0.25, 0.3) is 0 Å². The van der Waals surface area contributed by atoms with E-state index in [2.05, 4.69) is 170 Å². The molecule has 1 aromatic heterocycles. The summed E-state index contributed by atoms with van der Waals surface area (Å²) in [6, 6.07) is 61.4. The van der Waals surface area contributed by atoms with Crippen LogP contribution < -0.4 is 0 Å². The van der Waals surface area contributed by atoms with E-state index in [9.17, 15) is 0 Å². The van der Waals surface area contributed by atoms with Crippen LogP contribution in [0.25, 0.3) is 98.8 Å². The van der Waals surface area contributed by atoms with Gasteiger partial charge in [0.15, 0.2) is 0 Å². The molecule has 0 N–H and O–H groups in total. The molecule has 10 rings (SSSR count). The van der Waals surface area contributed by atoms with Gasteiger partial charge in [-0.25, -0.2) is 0 Å². The summed E-state index contributed by atoms with van der Waals surface area (Å²) in [6.45, 7) is 0. The number of hydrogen-bond acceptors (Lipinski definition) is 1. The summed E-state index contributed by atoms with van der Waals surface area (Å²) in [7, 11) is 0. The lowest BCUT2D eigenvalue weighted by atomic mass is 9.86. The van der Waals surface area contributed by atoms with Gasteiger partial charge in [-0.05, 0) is 77.3 Å². The van der Waals surface area contributed by atoms with E-state index in [0.29, 0.717) is 0 Å². The van der Waals surface area contributed by atoms with Crippen molar-refractivity contribution < 1.29 is 4.42 Å². The molecule has 0 saturated heterocycles. The van der Waals surface area contributed by atoms with Crippen molar-refractivity contribution in [2.24, 2.45) is 0 Å². The predicted molar refractivity (Wildman–Crippen MR) is 199 cm³/mol. The fourth-order valence-electron chi connectivity index (χ4n) is 7.68. The molecule has 1 heteroatoms. The highest BCUT2D eigenvalue weighted by Crippen LogP contribution is 2.46. The molecule has 0 aliphatic heterocycles. The first-order valence-electron chi connectivity index (χ1n) is 16.2. The van der Waals surface area contributed by atoms with E-state index < -0.39 is 0 Å². The molecule has 0 unspecified atom stereocenters. The molecule has 9 aromatic carbocycles. The van der Waals surface area contributed by atoms with E-state index in [-0.39, 0.29) is 0 Å². The van der Waals surface area contributed by atoms with Gasteiger partial charge < -0.3 is 4.42 Å². The van der Waals surface area contributed by atoms with Crippen molar-refractivity contribution in [1.29, 1.82) is 0 Å². The van der Waals surface area contributed by atoms with E-state index in [1.54, 1.807) is 0 Å². The third-order valence-electron chi connectivity index (χ3n) is 9.87. The monoisotopic (exact) mass is 596 g/mol. The van der Waals surface area contributed by atoms with Crippen LogP contribution in [0.15, 0.2) is 174 Å². The van der Waals surface area contributed by atoms with Gasteiger partial charge in [0.2, 0.25) is 0 Å². The van der Waals surface area contributed by atoms with Crippen molar-refractivity contribution in [3.05, 3.63) is 170 Å². The first-order valence-corrected chi connectivity index (χ1v) is 16.2. The van der Waals surface area contributed by atoms with E-state index in [1.807, 2.05) is 0 Å². The molecular formula is C46H28O. The zero-order valence-electron chi connectivity index (χ0n) is 25.6. The summed E-state index contributed by atoms with van der Waals surface area (Å²) in [4.78, 5) is 0. The third kappa shape index (κ3) is 3.97. The van der Waals surface area contributed by atoms with Gasteiger partial charge in [0, 0.05) is 16.3 Å². The van der Waals surface area contributed by atoms with Crippen LogP contribution in [0.1, 0.15) is 0 Å². The minimum Gasteiger partial charge on any atom is -0.455 e. The Hall–Kier alpha value is -6.18. The first kappa shape index (κ1) is 26.1. The maximum Gasteiger partial charge on any atom is 0.143 e. The Morgan fingerprint density at radius 1 is 0.277 bits per heavy atom. The predicted octanol–water partition coefficient (Wildman–Crippen LogP) is 13.2. The molecule has 0 saturated carbocycles. The molecule has 47 heavy (non-hydrogen) atoms. The second-order valence-corrected chi connectivity index (χ2v) is 12.4.